The van der Waals surface area contributed by atoms with Gasteiger partial charge >= 0.3 is 5.97 Å². The smallest absolute Gasteiger partial charge is 0.355 e. The first-order valence-corrected chi connectivity index (χ1v) is 8.92. The lowest BCUT2D eigenvalue weighted by molar-refractivity contribution is 0.0515. The van der Waals surface area contributed by atoms with E-state index < -0.39 is 15.9 Å². The molecule has 23 heavy (non-hydrogen) atoms. The number of ether oxygens (including phenoxy) is 1. The molecule has 0 amide bonds. The molecule has 2 unspecified atom stereocenters. The number of rotatable bonds is 8. The number of carbonyl (C=O) groups excluding carboxylic acids is 1. The Hall–Kier alpha value is -1.86. The molecule has 0 saturated heterocycles. The molecule has 1 aromatic rings. The SMILES string of the molecule is C=Cc1c(S(=N)(=O)NC(C=C)C(C)C)cn(C)c1C(=O)OCC. The number of nitrogens with one attached hydrogen (secondary N) is 2. The summed E-state index contributed by atoms with van der Waals surface area (Å²) in [5.74, 6) is -0.408. The zero-order valence-corrected chi connectivity index (χ0v) is 14.9. The van der Waals surface area contributed by atoms with Crippen molar-refractivity contribution in [3.63, 3.8) is 0 Å². The average Bonchev–Trinajstić information content (AvgIpc) is 2.82. The molecule has 0 fully saturated rings. The summed E-state index contributed by atoms with van der Waals surface area (Å²) in [6.07, 6.45) is 4.56. The molecule has 2 atom stereocenters. The van der Waals surface area contributed by atoms with Crippen LogP contribution in [0.25, 0.3) is 6.08 Å². The number of hydrogen-bond acceptors (Lipinski definition) is 4. The van der Waals surface area contributed by atoms with Crippen LogP contribution >= 0.6 is 0 Å². The Kier molecular flexibility index (Phi) is 6.35. The second-order valence-electron chi connectivity index (χ2n) is 5.47. The number of carbonyl (C=O) groups is 1. The molecule has 0 aliphatic rings. The van der Waals surface area contributed by atoms with E-state index in [1.807, 2.05) is 13.8 Å². The summed E-state index contributed by atoms with van der Waals surface area (Å²) >= 11 is 0. The Morgan fingerprint density at radius 2 is 2.13 bits per heavy atom. The lowest BCUT2D eigenvalue weighted by Gasteiger charge is -2.20. The zero-order chi connectivity index (χ0) is 17.8. The van der Waals surface area contributed by atoms with Gasteiger partial charge in [0.05, 0.1) is 11.5 Å². The van der Waals surface area contributed by atoms with Crippen molar-refractivity contribution in [3.05, 3.63) is 36.7 Å². The fourth-order valence-corrected chi connectivity index (χ4v) is 3.88. The summed E-state index contributed by atoms with van der Waals surface area (Å²) in [6, 6.07) is -0.288. The van der Waals surface area contributed by atoms with Crippen molar-refractivity contribution in [1.29, 1.82) is 4.78 Å². The van der Waals surface area contributed by atoms with Crippen LogP contribution in [0.1, 0.15) is 36.8 Å². The molecule has 0 saturated carbocycles. The van der Waals surface area contributed by atoms with Gasteiger partial charge in [-0.2, -0.15) is 0 Å². The molecular weight excluding hydrogens is 314 g/mol. The normalized spacial score (nSPS) is 15.0. The van der Waals surface area contributed by atoms with Gasteiger partial charge in [0.25, 0.3) is 0 Å². The van der Waals surface area contributed by atoms with E-state index in [-0.39, 0.29) is 29.2 Å². The second kappa shape index (κ2) is 7.61. The highest BCUT2D eigenvalue weighted by molar-refractivity contribution is 7.90. The van der Waals surface area contributed by atoms with Crippen LogP contribution in [0.15, 0.2) is 30.3 Å². The van der Waals surface area contributed by atoms with E-state index in [2.05, 4.69) is 17.9 Å². The van der Waals surface area contributed by atoms with E-state index in [1.165, 1.54) is 16.8 Å². The lowest BCUT2D eigenvalue weighted by atomic mass is 10.1. The molecular formula is C16H25N3O3S. The minimum Gasteiger partial charge on any atom is -0.461 e. The first-order valence-electron chi connectivity index (χ1n) is 7.37. The zero-order valence-electron chi connectivity index (χ0n) is 14.1. The number of aromatic nitrogens is 1. The fraction of sp³-hybridized carbons (Fsp3) is 0.438. The van der Waals surface area contributed by atoms with Gasteiger partial charge in [0.1, 0.15) is 15.6 Å². The van der Waals surface area contributed by atoms with Crippen molar-refractivity contribution in [2.45, 2.75) is 31.7 Å². The summed E-state index contributed by atoms with van der Waals surface area (Å²) in [5.41, 5.74) is 0.586. The van der Waals surface area contributed by atoms with E-state index in [0.29, 0.717) is 5.56 Å². The van der Waals surface area contributed by atoms with E-state index in [1.54, 1.807) is 20.0 Å². The summed E-state index contributed by atoms with van der Waals surface area (Å²) in [4.78, 5) is 12.3. The van der Waals surface area contributed by atoms with Gasteiger partial charge in [-0.05, 0) is 12.8 Å². The van der Waals surface area contributed by atoms with Crippen molar-refractivity contribution in [2.75, 3.05) is 6.61 Å². The maximum absolute atomic E-state index is 12.9. The van der Waals surface area contributed by atoms with Gasteiger partial charge in [-0.1, -0.05) is 32.6 Å². The Labute approximate surface area is 138 Å². The van der Waals surface area contributed by atoms with Crippen molar-refractivity contribution in [3.8, 4) is 0 Å². The van der Waals surface area contributed by atoms with Gasteiger partial charge < -0.3 is 9.30 Å². The molecule has 1 heterocycles. The molecule has 0 aliphatic heterocycles. The monoisotopic (exact) mass is 339 g/mol. The van der Waals surface area contributed by atoms with Crippen LogP contribution in [-0.2, 0) is 21.7 Å². The maximum Gasteiger partial charge on any atom is 0.355 e. The Morgan fingerprint density at radius 3 is 2.57 bits per heavy atom. The number of hydrogen-bond donors (Lipinski definition) is 2. The topological polar surface area (TPSA) is 84.2 Å². The predicted molar refractivity (Wildman–Crippen MR) is 92.5 cm³/mol. The third kappa shape index (κ3) is 4.11. The summed E-state index contributed by atoms with van der Waals surface area (Å²) < 4.78 is 30.5. The van der Waals surface area contributed by atoms with Gasteiger partial charge in [-0.15, -0.1) is 6.58 Å². The molecule has 6 nitrogen and oxygen atoms in total. The summed E-state index contributed by atoms with van der Waals surface area (Å²) in [6.45, 7) is 13.2. The summed E-state index contributed by atoms with van der Waals surface area (Å²) in [7, 11) is -1.69. The van der Waals surface area contributed by atoms with Crippen LogP contribution in [0.5, 0.6) is 0 Å². The van der Waals surface area contributed by atoms with E-state index in [0.717, 1.165) is 0 Å². The lowest BCUT2D eigenvalue weighted by Crippen LogP contribution is -2.36. The van der Waals surface area contributed by atoms with Crippen molar-refractivity contribution < 1.29 is 13.7 Å². The van der Waals surface area contributed by atoms with Crippen molar-refractivity contribution in [1.82, 2.24) is 9.29 Å². The summed E-state index contributed by atoms with van der Waals surface area (Å²) in [5, 5.41) is 0. The van der Waals surface area contributed by atoms with Gasteiger partial charge in [0.2, 0.25) is 0 Å². The van der Waals surface area contributed by atoms with Gasteiger partial charge in [0, 0.05) is 24.8 Å². The quantitative estimate of drug-likeness (QED) is 0.564. The molecule has 0 aromatic carbocycles. The molecule has 0 bridgehead atoms. The van der Waals surface area contributed by atoms with Crippen molar-refractivity contribution >= 4 is 22.0 Å². The molecule has 1 rings (SSSR count). The molecule has 0 aliphatic carbocycles. The van der Waals surface area contributed by atoms with Crippen LogP contribution < -0.4 is 4.72 Å². The second-order valence-corrected chi connectivity index (χ2v) is 7.26. The number of esters is 1. The molecule has 128 valence electrons. The van der Waals surface area contributed by atoms with Gasteiger partial charge in [-0.25, -0.2) is 18.5 Å². The highest BCUT2D eigenvalue weighted by atomic mass is 32.2. The Morgan fingerprint density at radius 1 is 1.52 bits per heavy atom. The minimum absolute atomic E-state index is 0.124. The van der Waals surface area contributed by atoms with Crippen LogP contribution in [0.4, 0.5) is 0 Å². The number of nitrogens with zero attached hydrogens (tertiary/aromatic N) is 1. The maximum atomic E-state index is 12.9. The number of aryl methyl sites for hydroxylation is 1. The van der Waals surface area contributed by atoms with Crippen LogP contribution in [0.2, 0.25) is 0 Å². The van der Waals surface area contributed by atoms with Crippen LogP contribution in [0.3, 0.4) is 0 Å². The van der Waals surface area contributed by atoms with Crippen molar-refractivity contribution in [2.24, 2.45) is 13.0 Å². The van der Waals surface area contributed by atoms with E-state index in [9.17, 15) is 9.00 Å². The van der Waals surface area contributed by atoms with E-state index >= 15 is 0 Å². The molecule has 0 radical (unpaired) electrons. The minimum atomic E-state index is -3.33. The average molecular weight is 339 g/mol. The molecule has 2 N–H and O–H groups in total. The fourth-order valence-electron chi connectivity index (χ4n) is 2.21. The third-order valence-corrected chi connectivity index (χ3v) is 4.99. The highest BCUT2D eigenvalue weighted by Crippen LogP contribution is 2.25. The standard InChI is InChI=1S/C16H25N3O3S/c1-7-12-14(10-19(6)15(12)16(20)22-9-3)23(17,21)18-13(8-2)11(4)5/h7-8,10-11,13H,1-2,9H2,3-6H3,(H2,17,18,21). The Bertz CT molecular complexity index is 702. The highest BCUT2D eigenvalue weighted by Gasteiger charge is 2.26. The Balaban J connectivity index is 3.38. The van der Waals surface area contributed by atoms with Gasteiger partial charge in [0.15, 0.2) is 0 Å². The molecule has 1 aromatic heterocycles. The van der Waals surface area contributed by atoms with Crippen LogP contribution in [0, 0.1) is 10.7 Å². The van der Waals surface area contributed by atoms with E-state index in [4.69, 9.17) is 9.52 Å². The van der Waals surface area contributed by atoms with Crippen LogP contribution in [-0.4, -0.2) is 27.4 Å². The molecule has 0 spiro atoms. The first-order chi connectivity index (χ1) is 10.7. The van der Waals surface area contributed by atoms with Gasteiger partial charge in [-0.3, -0.25) is 0 Å². The first kappa shape index (κ1) is 19.2. The largest absolute Gasteiger partial charge is 0.461 e. The predicted octanol–water partition coefficient (Wildman–Crippen LogP) is 2.97. The third-order valence-electron chi connectivity index (χ3n) is 3.44. The molecule has 7 heteroatoms.